The number of ether oxygens (including phenoxy) is 4. The maximum absolute atomic E-state index is 11.9. The fourth-order valence-corrected chi connectivity index (χ4v) is 1.26. The molecular weight excluding hydrogens is 288 g/mol. The molecule has 9 heteroatoms. The molecule has 9 nitrogen and oxygen atoms in total. The van der Waals surface area contributed by atoms with E-state index in [-0.39, 0.29) is 0 Å². The van der Waals surface area contributed by atoms with Gasteiger partial charge in [-0.25, -0.2) is 4.79 Å². The zero-order valence-electron chi connectivity index (χ0n) is 12.0. The van der Waals surface area contributed by atoms with Crippen molar-refractivity contribution in [2.75, 3.05) is 13.7 Å². The van der Waals surface area contributed by atoms with E-state index in [1.54, 1.807) is 0 Å². The zero-order valence-corrected chi connectivity index (χ0v) is 12.0. The molecule has 0 aliphatic rings. The highest BCUT2D eigenvalue weighted by Gasteiger charge is 2.40. The summed E-state index contributed by atoms with van der Waals surface area (Å²) in [4.78, 5) is 56.1. The third kappa shape index (κ3) is 7.04. The quantitative estimate of drug-likeness (QED) is 0.437. The van der Waals surface area contributed by atoms with Crippen LogP contribution >= 0.6 is 0 Å². The molecule has 2 atom stereocenters. The first kappa shape index (κ1) is 18.6. The zero-order chi connectivity index (χ0) is 16.6. The van der Waals surface area contributed by atoms with Crippen molar-refractivity contribution in [2.45, 2.75) is 33.0 Å². The second-order valence-corrected chi connectivity index (χ2v) is 3.83. The third-order valence-corrected chi connectivity index (χ3v) is 2.03. The van der Waals surface area contributed by atoms with Crippen LogP contribution in [-0.4, -0.2) is 55.6 Å². The van der Waals surface area contributed by atoms with Crippen molar-refractivity contribution in [3.63, 3.8) is 0 Å². The summed E-state index contributed by atoms with van der Waals surface area (Å²) in [5.41, 5.74) is 0. The number of rotatable bonds is 7. The number of methoxy groups -OCH3 is 1. The predicted octanol–water partition coefficient (Wildman–Crippen LogP) is -0.845. The molecule has 0 aliphatic heterocycles. The molecule has 0 saturated heterocycles. The topological polar surface area (TPSA) is 122 Å². The molecule has 0 amide bonds. The minimum absolute atomic E-state index is 0.743. The average molecular weight is 304 g/mol. The average Bonchev–Trinajstić information content (AvgIpc) is 2.38. The Morgan fingerprint density at radius 1 is 0.810 bits per heavy atom. The van der Waals surface area contributed by atoms with Crippen LogP contribution in [0.15, 0.2) is 0 Å². The van der Waals surface area contributed by atoms with Crippen LogP contribution in [0, 0.1) is 0 Å². The minimum atomic E-state index is -1.78. The van der Waals surface area contributed by atoms with Crippen LogP contribution in [0.2, 0.25) is 0 Å². The van der Waals surface area contributed by atoms with Crippen LogP contribution in [-0.2, 0) is 42.9 Å². The molecular formula is C12H16O9. The van der Waals surface area contributed by atoms with Crippen LogP contribution in [0.4, 0.5) is 0 Å². The van der Waals surface area contributed by atoms with Gasteiger partial charge in [-0.1, -0.05) is 0 Å². The van der Waals surface area contributed by atoms with Gasteiger partial charge >= 0.3 is 23.9 Å². The second kappa shape index (κ2) is 8.67. The summed E-state index contributed by atoms with van der Waals surface area (Å²) < 4.78 is 18.2. The highest BCUT2D eigenvalue weighted by Crippen LogP contribution is 2.10. The van der Waals surface area contributed by atoms with Gasteiger partial charge in [0.05, 0.1) is 7.11 Å². The summed E-state index contributed by atoms with van der Waals surface area (Å²) in [6, 6.07) is 0. The maximum atomic E-state index is 11.9. The largest absolute Gasteiger partial charge is 0.466 e. The highest BCUT2D eigenvalue weighted by atomic mass is 16.6. The lowest BCUT2D eigenvalue weighted by atomic mass is 10.1. The van der Waals surface area contributed by atoms with Gasteiger partial charge in [-0.3, -0.25) is 19.2 Å². The first-order valence-corrected chi connectivity index (χ1v) is 5.77. The molecule has 0 heterocycles. The number of ketones is 1. The van der Waals surface area contributed by atoms with Crippen molar-refractivity contribution in [1.82, 2.24) is 0 Å². The lowest BCUT2D eigenvalue weighted by Crippen LogP contribution is -2.47. The molecule has 0 aliphatic carbocycles. The molecule has 0 aromatic carbocycles. The van der Waals surface area contributed by atoms with E-state index in [1.807, 2.05) is 0 Å². The second-order valence-electron chi connectivity index (χ2n) is 3.83. The molecule has 0 aromatic rings. The number of hydrogen-bond acceptors (Lipinski definition) is 9. The molecule has 118 valence electrons. The molecule has 0 N–H and O–H groups in total. The summed E-state index contributed by atoms with van der Waals surface area (Å²) >= 11 is 0. The monoisotopic (exact) mass is 304 g/mol. The van der Waals surface area contributed by atoms with E-state index in [2.05, 4.69) is 18.9 Å². The number of hydrogen-bond donors (Lipinski definition) is 0. The van der Waals surface area contributed by atoms with Crippen molar-refractivity contribution in [1.29, 1.82) is 0 Å². The van der Waals surface area contributed by atoms with Gasteiger partial charge in [0.25, 0.3) is 0 Å². The fourth-order valence-electron chi connectivity index (χ4n) is 1.26. The van der Waals surface area contributed by atoms with Crippen LogP contribution in [0.1, 0.15) is 20.8 Å². The normalized spacial score (nSPS) is 12.6. The Morgan fingerprint density at radius 3 is 1.67 bits per heavy atom. The molecule has 0 unspecified atom stereocenters. The number of carbonyl (C=O) groups is 5. The van der Waals surface area contributed by atoms with Gasteiger partial charge in [-0.2, -0.15) is 0 Å². The number of esters is 4. The van der Waals surface area contributed by atoms with Gasteiger partial charge in [-0.15, -0.1) is 0 Å². The van der Waals surface area contributed by atoms with Gasteiger partial charge in [0, 0.05) is 20.8 Å². The van der Waals surface area contributed by atoms with E-state index in [0.717, 1.165) is 27.9 Å². The highest BCUT2D eigenvalue weighted by molar-refractivity contribution is 5.94. The van der Waals surface area contributed by atoms with E-state index in [1.165, 1.54) is 0 Å². The first-order valence-electron chi connectivity index (χ1n) is 5.77. The minimum Gasteiger partial charge on any atom is -0.466 e. The Kier molecular flexibility index (Phi) is 7.66. The van der Waals surface area contributed by atoms with Crippen molar-refractivity contribution >= 4 is 29.7 Å². The van der Waals surface area contributed by atoms with E-state index >= 15 is 0 Å². The number of carbonyl (C=O) groups excluding carboxylic acids is 5. The Bertz CT molecular complexity index is 440. The molecule has 0 fully saturated rings. The Morgan fingerprint density at radius 2 is 1.29 bits per heavy atom. The number of Topliss-reactive ketones (excluding diaryl/α,β-unsaturated/α-hetero) is 1. The smallest absolute Gasteiger partial charge is 0.351 e. The Hall–Kier alpha value is -2.45. The van der Waals surface area contributed by atoms with Crippen molar-refractivity contribution < 1.29 is 42.9 Å². The van der Waals surface area contributed by atoms with E-state index in [4.69, 9.17) is 0 Å². The maximum Gasteiger partial charge on any atom is 0.351 e. The SMILES string of the molecule is COC(=O)[C@@H](OC(C)=O)[C@H](OC(C)=O)C(=O)COC(C)=O. The molecule has 21 heavy (non-hydrogen) atoms. The summed E-state index contributed by atoms with van der Waals surface area (Å²) in [6.07, 6.45) is -3.54. The van der Waals surface area contributed by atoms with Gasteiger partial charge in [0.1, 0.15) is 0 Å². The van der Waals surface area contributed by atoms with E-state index < -0.39 is 48.5 Å². The first-order chi connectivity index (χ1) is 9.68. The lowest BCUT2D eigenvalue weighted by molar-refractivity contribution is -0.182. The molecule has 0 rings (SSSR count). The van der Waals surface area contributed by atoms with Crippen LogP contribution < -0.4 is 0 Å². The van der Waals surface area contributed by atoms with Gasteiger partial charge in [0.2, 0.25) is 18.0 Å². The van der Waals surface area contributed by atoms with Crippen molar-refractivity contribution in [3.05, 3.63) is 0 Å². The van der Waals surface area contributed by atoms with Crippen LogP contribution in [0.3, 0.4) is 0 Å². The van der Waals surface area contributed by atoms with Crippen molar-refractivity contribution in [2.24, 2.45) is 0 Å². The standard InChI is InChI=1S/C12H16O9/c1-6(13)19-5-9(16)10(20-7(2)14)11(12(17)18-4)21-8(3)15/h10-11H,5H2,1-4H3/t10-,11+/m1/s1. The van der Waals surface area contributed by atoms with Gasteiger partial charge in [0.15, 0.2) is 6.61 Å². The molecule has 0 saturated carbocycles. The molecule has 0 bridgehead atoms. The van der Waals surface area contributed by atoms with Gasteiger partial charge in [-0.05, 0) is 0 Å². The Balaban J connectivity index is 5.24. The van der Waals surface area contributed by atoms with E-state index in [9.17, 15) is 24.0 Å². The summed E-state index contributed by atoms with van der Waals surface area (Å²) in [6.45, 7) is 2.31. The summed E-state index contributed by atoms with van der Waals surface area (Å²) in [5, 5.41) is 0. The molecule has 0 spiro atoms. The molecule has 0 aromatic heterocycles. The van der Waals surface area contributed by atoms with Crippen molar-refractivity contribution in [3.8, 4) is 0 Å². The van der Waals surface area contributed by atoms with Crippen LogP contribution in [0.25, 0.3) is 0 Å². The van der Waals surface area contributed by atoms with Gasteiger partial charge < -0.3 is 18.9 Å². The fraction of sp³-hybridized carbons (Fsp3) is 0.583. The van der Waals surface area contributed by atoms with E-state index in [0.29, 0.717) is 0 Å². The molecule has 0 radical (unpaired) electrons. The third-order valence-electron chi connectivity index (χ3n) is 2.03. The predicted molar refractivity (Wildman–Crippen MR) is 64.8 cm³/mol. The lowest BCUT2D eigenvalue weighted by Gasteiger charge is -2.23. The summed E-state index contributed by atoms with van der Waals surface area (Å²) in [5.74, 6) is -4.54. The summed E-state index contributed by atoms with van der Waals surface area (Å²) in [7, 11) is 1.00. The Labute approximate surface area is 120 Å². The van der Waals surface area contributed by atoms with Crippen LogP contribution in [0.5, 0.6) is 0 Å².